The maximum Gasteiger partial charge on any atom is 0.275 e. The lowest BCUT2D eigenvalue weighted by Crippen LogP contribution is -2.40. The third-order valence-corrected chi connectivity index (χ3v) is 6.82. The highest BCUT2D eigenvalue weighted by Crippen LogP contribution is 2.49. The van der Waals surface area contributed by atoms with E-state index in [0.29, 0.717) is 0 Å². The second-order valence-corrected chi connectivity index (χ2v) is 9.46. The molecule has 3 N–H and O–H groups in total. The summed E-state index contributed by atoms with van der Waals surface area (Å²) in [5, 5.41) is 16.8. The van der Waals surface area contributed by atoms with Crippen molar-refractivity contribution in [2.45, 2.75) is 45.6 Å². The number of rotatable bonds is 7. The molecule has 0 saturated heterocycles. The van der Waals surface area contributed by atoms with Gasteiger partial charge in [-0.15, -0.1) is 0 Å². The van der Waals surface area contributed by atoms with Gasteiger partial charge >= 0.3 is 0 Å². The minimum absolute atomic E-state index is 0.0582. The Kier molecular flexibility index (Phi) is 6.12. The molecule has 0 spiro atoms. The minimum Gasteiger partial charge on any atom is -0.504 e. The molecule has 1 fully saturated rings. The van der Waals surface area contributed by atoms with E-state index in [4.69, 9.17) is 0 Å². The molecule has 1 aromatic carbocycles. The van der Waals surface area contributed by atoms with Gasteiger partial charge < -0.3 is 20.6 Å². The molecule has 9 nitrogen and oxygen atoms in total. The van der Waals surface area contributed by atoms with E-state index >= 15 is 0 Å². The predicted octanol–water partition coefficient (Wildman–Crippen LogP) is 3.27. The van der Waals surface area contributed by atoms with Gasteiger partial charge in [-0.2, -0.15) is 0 Å². The highest BCUT2D eigenvalue weighted by Gasteiger charge is 2.40. The van der Waals surface area contributed by atoms with Crippen molar-refractivity contribution < 1.29 is 9.90 Å². The average molecular weight is 464 g/mol. The van der Waals surface area contributed by atoms with Gasteiger partial charge in [-0.1, -0.05) is 19.8 Å². The Morgan fingerprint density at radius 3 is 2.44 bits per heavy atom. The normalized spacial score (nSPS) is 15.8. The van der Waals surface area contributed by atoms with Crippen LogP contribution >= 0.6 is 0 Å². The zero-order chi connectivity index (χ0) is 24.6. The molecule has 0 bridgehead atoms. The number of hydrogen-bond donors (Lipinski definition) is 3. The first-order chi connectivity index (χ1) is 16.1. The van der Waals surface area contributed by atoms with Gasteiger partial charge in [-0.3, -0.25) is 19.4 Å². The molecule has 2 aromatic heterocycles. The van der Waals surface area contributed by atoms with Gasteiger partial charge in [-0.05, 0) is 48.4 Å². The first-order valence-corrected chi connectivity index (χ1v) is 11.3. The van der Waals surface area contributed by atoms with E-state index in [2.05, 4.69) is 27.5 Å². The summed E-state index contributed by atoms with van der Waals surface area (Å²) in [6.45, 7) is 4.19. The van der Waals surface area contributed by atoms with E-state index in [1.165, 1.54) is 17.2 Å². The molecule has 178 valence electrons. The Morgan fingerprint density at radius 2 is 1.79 bits per heavy atom. The van der Waals surface area contributed by atoms with Crippen LogP contribution < -0.4 is 21.5 Å². The summed E-state index contributed by atoms with van der Waals surface area (Å²) in [7, 11) is 3.10. The third-order valence-electron chi connectivity index (χ3n) is 6.82. The van der Waals surface area contributed by atoms with Crippen LogP contribution in [0.5, 0.6) is 5.75 Å². The molecular weight excluding hydrogens is 434 g/mol. The van der Waals surface area contributed by atoms with Crippen molar-refractivity contribution in [2.24, 2.45) is 5.41 Å². The highest BCUT2D eigenvalue weighted by atomic mass is 16.3. The summed E-state index contributed by atoms with van der Waals surface area (Å²) in [5.74, 6) is -0.867. The number of hydrogen-bond acceptors (Lipinski definition) is 8. The van der Waals surface area contributed by atoms with E-state index in [9.17, 15) is 19.5 Å². The largest absolute Gasteiger partial charge is 0.504 e. The molecule has 9 heteroatoms. The van der Waals surface area contributed by atoms with Crippen LogP contribution in [0.4, 0.5) is 17.1 Å². The van der Waals surface area contributed by atoms with Crippen LogP contribution in [0.3, 0.4) is 0 Å². The lowest BCUT2D eigenvalue weighted by Gasteiger charge is -2.37. The molecule has 1 amide bonds. The molecular formula is C25H29N5O4. The number of nitrogens with one attached hydrogen (secondary N) is 2. The molecule has 4 rings (SSSR count). The smallest absolute Gasteiger partial charge is 0.275 e. The van der Waals surface area contributed by atoms with E-state index in [1.54, 1.807) is 20.3 Å². The molecule has 1 saturated carbocycles. The van der Waals surface area contributed by atoms with E-state index in [-0.39, 0.29) is 40.0 Å². The van der Waals surface area contributed by atoms with Gasteiger partial charge in [0.2, 0.25) is 0 Å². The van der Waals surface area contributed by atoms with Crippen LogP contribution in [0.1, 0.15) is 60.3 Å². The third kappa shape index (κ3) is 4.02. The maximum absolute atomic E-state index is 12.6. The summed E-state index contributed by atoms with van der Waals surface area (Å²) in [5.41, 5.74) is 0.817. The number of amides is 1. The first kappa shape index (κ1) is 23.4. The van der Waals surface area contributed by atoms with Crippen LogP contribution in [0.15, 0.2) is 40.3 Å². The zero-order valence-electron chi connectivity index (χ0n) is 19.8. The molecule has 0 unspecified atom stereocenters. The summed E-state index contributed by atoms with van der Waals surface area (Å²) < 4.78 is 0. The monoisotopic (exact) mass is 463 g/mol. The van der Waals surface area contributed by atoms with E-state index in [1.807, 2.05) is 19.2 Å². The number of aromatic nitrogens is 2. The lowest BCUT2D eigenvalue weighted by molar-refractivity contribution is 0.0819. The molecule has 0 aliphatic heterocycles. The summed E-state index contributed by atoms with van der Waals surface area (Å²) in [4.78, 5) is 47.0. The first-order valence-electron chi connectivity index (χ1n) is 11.3. The molecule has 3 aromatic rings. The molecule has 1 aliphatic carbocycles. The number of aryl methyl sites for hydroxylation is 1. The predicted molar refractivity (Wildman–Crippen MR) is 130 cm³/mol. The molecule has 34 heavy (non-hydrogen) atoms. The number of nitrogens with zero attached hydrogens (tertiary/aromatic N) is 3. The Bertz CT molecular complexity index is 1300. The average Bonchev–Trinajstić information content (AvgIpc) is 3.26. The van der Waals surface area contributed by atoms with Crippen LogP contribution in [0.2, 0.25) is 0 Å². The number of carbonyl (C=O) groups excluding carboxylic acids is 1. The quantitative estimate of drug-likeness (QED) is 0.456. The van der Waals surface area contributed by atoms with Crippen molar-refractivity contribution in [3.63, 3.8) is 0 Å². The molecule has 1 aliphatic rings. The summed E-state index contributed by atoms with van der Waals surface area (Å²) >= 11 is 0. The topological polar surface area (TPSA) is 125 Å². The summed E-state index contributed by atoms with van der Waals surface area (Å²) in [6, 6.07) is 3.16. The number of aromatic hydroxyl groups is 1. The maximum atomic E-state index is 12.6. The van der Waals surface area contributed by atoms with Gasteiger partial charge in [0.1, 0.15) is 11.4 Å². The van der Waals surface area contributed by atoms with Crippen molar-refractivity contribution in [2.75, 3.05) is 24.7 Å². The van der Waals surface area contributed by atoms with Crippen molar-refractivity contribution in [3.8, 4) is 5.75 Å². The Labute approximate surface area is 197 Å². The van der Waals surface area contributed by atoms with Gasteiger partial charge in [0.15, 0.2) is 11.4 Å². The Hall–Kier alpha value is -3.75. The fourth-order valence-corrected chi connectivity index (χ4v) is 4.73. The SMILES string of the molecule is Cc1ccncc1[C@H](Nc1c(Nc2ccnc(C(=O)N(C)C)c2O)c(=O)c1=O)C1(C)CCCC1. The molecule has 1 atom stereocenters. The van der Waals surface area contributed by atoms with Crippen molar-refractivity contribution in [1.82, 2.24) is 14.9 Å². The van der Waals surface area contributed by atoms with Gasteiger partial charge in [-0.25, -0.2) is 4.98 Å². The van der Waals surface area contributed by atoms with Crippen LogP contribution in [0, 0.1) is 12.3 Å². The van der Waals surface area contributed by atoms with Gasteiger partial charge in [0, 0.05) is 32.7 Å². The second-order valence-electron chi connectivity index (χ2n) is 9.46. The highest BCUT2D eigenvalue weighted by molar-refractivity contribution is 5.97. The fourth-order valence-electron chi connectivity index (χ4n) is 4.73. The second kappa shape index (κ2) is 8.89. The van der Waals surface area contributed by atoms with Crippen LogP contribution in [-0.4, -0.2) is 40.0 Å². The number of anilines is 3. The number of carbonyl (C=O) groups is 1. The molecule has 2 heterocycles. The van der Waals surface area contributed by atoms with Crippen molar-refractivity contribution in [3.05, 3.63) is 68.0 Å². The minimum atomic E-state index is -0.683. The van der Waals surface area contributed by atoms with Crippen LogP contribution in [-0.2, 0) is 0 Å². The lowest BCUT2D eigenvalue weighted by atomic mass is 9.76. The fraction of sp³-hybridized carbons (Fsp3) is 0.400. The van der Waals surface area contributed by atoms with Crippen molar-refractivity contribution in [1.29, 1.82) is 0 Å². The van der Waals surface area contributed by atoms with Gasteiger partial charge in [0.25, 0.3) is 16.8 Å². The summed E-state index contributed by atoms with van der Waals surface area (Å²) in [6.07, 6.45) is 9.06. The zero-order valence-corrected chi connectivity index (χ0v) is 19.8. The van der Waals surface area contributed by atoms with E-state index in [0.717, 1.165) is 36.8 Å². The van der Waals surface area contributed by atoms with Crippen LogP contribution in [0.25, 0.3) is 0 Å². The Morgan fingerprint density at radius 1 is 1.12 bits per heavy atom. The van der Waals surface area contributed by atoms with Crippen molar-refractivity contribution >= 4 is 23.0 Å². The molecule has 0 radical (unpaired) electrons. The standard InChI is InChI=1S/C25H29N5O4/c1-14-7-11-26-13-15(14)23(25(2)9-5-6-10-25)29-18-17(21(32)22(18)33)28-16-8-12-27-19(20(16)31)24(34)30(3)4/h7-8,11-13,23,29,31H,5-6,9-10H2,1-4H3,(H,27,28)/t23-/m0/s1. The van der Waals surface area contributed by atoms with E-state index < -0.39 is 16.8 Å². The van der Waals surface area contributed by atoms with Gasteiger partial charge in [0.05, 0.1) is 11.7 Å². The Balaban J connectivity index is 1.70. The number of pyridine rings is 2.